The van der Waals surface area contributed by atoms with Crippen molar-refractivity contribution in [1.82, 2.24) is 9.62 Å². The van der Waals surface area contributed by atoms with Gasteiger partial charge < -0.3 is 29.5 Å². The van der Waals surface area contributed by atoms with E-state index in [9.17, 15) is 19.6 Å². The number of benzene rings is 2. The van der Waals surface area contributed by atoms with Crippen molar-refractivity contribution < 1.29 is 29.5 Å². The summed E-state index contributed by atoms with van der Waals surface area (Å²) in [5, 5.41) is 28.3. The Morgan fingerprint density at radius 3 is 1.68 bits per heavy atom. The summed E-state index contributed by atoms with van der Waals surface area (Å²) in [5.41, 5.74) is 4.40. The average molecular weight is 468 g/mol. The van der Waals surface area contributed by atoms with Gasteiger partial charge in [-0.05, 0) is 35.9 Å². The number of carbonyl (C=O) groups excluding carboxylic acids is 1. The molecule has 0 aliphatic carbocycles. The molecule has 2 aromatic carbocycles. The third-order valence-electron chi connectivity index (χ3n) is 6.25. The SMILES string of the molecule is C.CB(O)N1Cc2ccccc2C1CC(=O)O.COC(=O)CC1c2ccccc2CN1B(C)O. The number of methoxy groups -OCH3 is 1. The number of esters is 1. The normalized spacial score (nSPS) is 18.6. The summed E-state index contributed by atoms with van der Waals surface area (Å²) < 4.78 is 4.71. The highest BCUT2D eigenvalue weighted by Gasteiger charge is 2.36. The van der Waals surface area contributed by atoms with Gasteiger partial charge >= 0.3 is 26.0 Å². The lowest BCUT2D eigenvalue weighted by atomic mass is 9.83. The Labute approximate surface area is 202 Å². The second-order valence-electron chi connectivity index (χ2n) is 8.42. The Balaban J connectivity index is 0.000000234. The van der Waals surface area contributed by atoms with E-state index in [1.54, 1.807) is 18.5 Å². The number of fused-ring (bicyclic) bond motifs is 2. The molecular formula is C24H34B2N2O6. The van der Waals surface area contributed by atoms with Gasteiger partial charge in [0.2, 0.25) is 0 Å². The molecule has 0 fully saturated rings. The number of carboxylic acid groups (broad SMARTS) is 1. The van der Waals surface area contributed by atoms with Crippen LogP contribution in [-0.4, -0.2) is 57.9 Å². The van der Waals surface area contributed by atoms with Gasteiger partial charge in [-0.3, -0.25) is 9.59 Å². The summed E-state index contributed by atoms with van der Waals surface area (Å²) in [4.78, 5) is 25.9. The predicted octanol–water partition coefficient (Wildman–Crippen LogP) is 2.98. The molecule has 2 unspecified atom stereocenters. The van der Waals surface area contributed by atoms with Crippen molar-refractivity contribution in [1.29, 1.82) is 0 Å². The van der Waals surface area contributed by atoms with Crippen LogP contribution in [0.1, 0.15) is 54.6 Å². The summed E-state index contributed by atoms with van der Waals surface area (Å²) in [6, 6.07) is 15.4. The first kappa shape index (κ1) is 27.6. The highest BCUT2D eigenvalue weighted by atomic mass is 16.5. The van der Waals surface area contributed by atoms with Crippen molar-refractivity contribution in [2.45, 2.75) is 59.1 Å². The van der Waals surface area contributed by atoms with Crippen LogP contribution in [0.2, 0.25) is 13.6 Å². The van der Waals surface area contributed by atoms with Crippen molar-refractivity contribution in [3.8, 4) is 0 Å². The molecule has 0 amide bonds. The van der Waals surface area contributed by atoms with E-state index in [1.807, 2.05) is 53.3 Å². The molecule has 0 spiro atoms. The molecule has 0 radical (unpaired) electrons. The van der Waals surface area contributed by atoms with Crippen LogP contribution in [0.5, 0.6) is 0 Å². The van der Waals surface area contributed by atoms with Crippen LogP contribution in [0.15, 0.2) is 48.5 Å². The number of carbonyl (C=O) groups is 2. The van der Waals surface area contributed by atoms with Gasteiger partial charge in [0.15, 0.2) is 0 Å². The van der Waals surface area contributed by atoms with E-state index >= 15 is 0 Å². The molecule has 0 saturated heterocycles. The zero-order valence-electron chi connectivity index (χ0n) is 19.2. The summed E-state index contributed by atoms with van der Waals surface area (Å²) in [6.45, 7) is 4.68. The Bertz CT molecular complexity index is 987. The first-order valence-electron chi connectivity index (χ1n) is 11.0. The molecule has 2 aliphatic heterocycles. The second kappa shape index (κ2) is 12.2. The fourth-order valence-corrected chi connectivity index (χ4v) is 4.62. The van der Waals surface area contributed by atoms with E-state index in [4.69, 9.17) is 9.84 Å². The van der Waals surface area contributed by atoms with Gasteiger partial charge in [-0.2, -0.15) is 0 Å². The number of nitrogens with zero attached hydrogens (tertiary/aromatic N) is 2. The highest BCUT2D eigenvalue weighted by Crippen LogP contribution is 2.37. The largest absolute Gasteiger partial charge is 0.481 e. The molecule has 0 bridgehead atoms. The smallest absolute Gasteiger partial charge is 0.377 e. The molecule has 4 rings (SSSR count). The van der Waals surface area contributed by atoms with E-state index in [0.717, 1.165) is 16.7 Å². The number of ether oxygens (including phenoxy) is 1. The Hall–Kier alpha value is -2.65. The molecular weight excluding hydrogens is 434 g/mol. The van der Waals surface area contributed by atoms with Gasteiger partial charge in [-0.25, -0.2) is 0 Å². The van der Waals surface area contributed by atoms with Crippen LogP contribution < -0.4 is 0 Å². The van der Waals surface area contributed by atoms with Gasteiger partial charge in [0.05, 0.1) is 20.0 Å². The van der Waals surface area contributed by atoms with Gasteiger partial charge in [-0.15, -0.1) is 0 Å². The van der Waals surface area contributed by atoms with Crippen molar-refractivity contribution in [3.63, 3.8) is 0 Å². The van der Waals surface area contributed by atoms with Gasteiger partial charge in [-0.1, -0.05) is 56.0 Å². The third kappa shape index (κ3) is 6.27. The van der Waals surface area contributed by atoms with E-state index in [2.05, 4.69) is 0 Å². The molecule has 10 heteroatoms. The molecule has 182 valence electrons. The van der Waals surface area contributed by atoms with Crippen molar-refractivity contribution in [2.75, 3.05) is 7.11 Å². The monoisotopic (exact) mass is 468 g/mol. The Kier molecular flexibility index (Phi) is 9.88. The van der Waals surface area contributed by atoms with Crippen LogP contribution in [0, 0.1) is 0 Å². The van der Waals surface area contributed by atoms with E-state index in [-0.39, 0.29) is 38.3 Å². The Morgan fingerprint density at radius 1 is 0.882 bits per heavy atom. The Morgan fingerprint density at radius 2 is 1.29 bits per heavy atom. The van der Waals surface area contributed by atoms with E-state index < -0.39 is 20.1 Å². The lowest BCUT2D eigenvalue weighted by molar-refractivity contribution is -0.141. The minimum absolute atomic E-state index is 0. The van der Waals surface area contributed by atoms with E-state index in [0.29, 0.717) is 13.1 Å². The molecule has 34 heavy (non-hydrogen) atoms. The molecule has 8 nitrogen and oxygen atoms in total. The standard InChI is InChI=1S/C12H16BNO3.C11H14BNO3.CH4/c1-13(16)14-8-9-5-3-4-6-10(9)11(14)7-12(15)17-2;1-12(16)13-7-8-4-2-3-5-9(8)10(13)6-11(14)15;/h3-6,11,16H,7-8H2,1-2H3;2-5,10,16H,6-7H2,1H3,(H,14,15);1H4. The van der Waals surface area contributed by atoms with Gasteiger partial charge in [0.25, 0.3) is 0 Å². The minimum Gasteiger partial charge on any atom is -0.481 e. The molecule has 2 atom stereocenters. The number of aliphatic carboxylic acids is 1. The van der Waals surface area contributed by atoms with Gasteiger partial charge in [0, 0.05) is 25.2 Å². The fourth-order valence-electron chi connectivity index (χ4n) is 4.62. The van der Waals surface area contributed by atoms with Gasteiger partial charge in [0.1, 0.15) is 0 Å². The van der Waals surface area contributed by atoms with Crippen LogP contribution in [0.25, 0.3) is 0 Å². The topological polar surface area (TPSA) is 111 Å². The first-order chi connectivity index (χ1) is 15.7. The van der Waals surface area contributed by atoms with Crippen molar-refractivity contribution >= 4 is 26.0 Å². The molecule has 0 saturated carbocycles. The van der Waals surface area contributed by atoms with Crippen LogP contribution in [0.3, 0.4) is 0 Å². The number of carboxylic acids is 1. The zero-order valence-corrected chi connectivity index (χ0v) is 19.2. The average Bonchev–Trinajstić information content (AvgIpc) is 3.33. The molecule has 2 heterocycles. The lowest BCUT2D eigenvalue weighted by Gasteiger charge is -2.24. The van der Waals surface area contributed by atoms with Crippen LogP contribution >= 0.6 is 0 Å². The molecule has 2 aromatic rings. The fraction of sp³-hybridized carbons (Fsp3) is 0.417. The summed E-state index contributed by atoms with van der Waals surface area (Å²) in [6.07, 6.45) is 0.306. The minimum atomic E-state index is -0.840. The summed E-state index contributed by atoms with van der Waals surface area (Å²) in [7, 11) is 0.185. The maximum Gasteiger partial charge on any atom is 0.377 e. The maximum absolute atomic E-state index is 11.4. The van der Waals surface area contributed by atoms with Crippen molar-refractivity contribution in [2.24, 2.45) is 0 Å². The lowest BCUT2D eigenvalue weighted by Crippen LogP contribution is -2.36. The molecule has 0 aromatic heterocycles. The van der Waals surface area contributed by atoms with Crippen LogP contribution in [-0.2, 0) is 27.4 Å². The number of rotatable bonds is 6. The zero-order chi connectivity index (χ0) is 24.1. The third-order valence-corrected chi connectivity index (χ3v) is 6.25. The van der Waals surface area contributed by atoms with E-state index in [1.165, 1.54) is 12.7 Å². The number of hydrogen-bond acceptors (Lipinski definition) is 7. The second-order valence-corrected chi connectivity index (χ2v) is 8.42. The molecule has 3 N–H and O–H groups in total. The summed E-state index contributed by atoms with van der Waals surface area (Å²) in [5.74, 6) is -1.09. The summed E-state index contributed by atoms with van der Waals surface area (Å²) >= 11 is 0. The highest BCUT2D eigenvalue weighted by molar-refractivity contribution is 6.45. The van der Waals surface area contributed by atoms with Crippen LogP contribution in [0.4, 0.5) is 0 Å². The predicted molar refractivity (Wildman–Crippen MR) is 133 cm³/mol. The quantitative estimate of drug-likeness (QED) is 0.439. The molecule has 2 aliphatic rings. The van der Waals surface area contributed by atoms with Crippen molar-refractivity contribution in [3.05, 3.63) is 70.8 Å². The number of hydrogen-bond donors (Lipinski definition) is 3. The first-order valence-corrected chi connectivity index (χ1v) is 11.0. The maximum atomic E-state index is 11.4.